The first-order valence-corrected chi connectivity index (χ1v) is 9.48. The smallest absolute Gasteiger partial charge is 0.208 e. The molecule has 1 aromatic heterocycles. The lowest BCUT2D eigenvalue weighted by Gasteiger charge is -2.41. The number of aliphatic hydroxyl groups excluding tert-OH is 2. The van der Waals surface area contributed by atoms with Gasteiger partial charge in [0.25, 0.3) is 0 Å². The van der Waals surface area contributed by atoms with Gasteiger partial charge < -0.3 is 30.1 Å². The van der Waals surface area contributed by atoms with Gasteiger partial charge in [-0.3, -0.25) is 4.57 Å². The largest absolute Gasteiger partial charge is 0.380 e. The minimum atomic E-state index is -0.968. The number of hydrogen-bond donors (Lipinski definition) is 3. The summed E-state index contributed by atoms with van der Waals surface area (Å²) in [7, 11) is 1.69. The Hall–Kier alpha value is -1.83. The highest BCUT2D eigenvalue weighted by Crippen LogP contribution is 2.38. The Balaban J connectivity index is 2.03. The molecule has 1 saturated heterocycles. The Kier molecular flexibility index (Phi) is 6.57. The van der Waals surface area contributed by atoms with Crippen molar-refractivity contribution in [1.29, 1.82) is 0 Å². The fourth-order valence-corrected chi connectivity index (χ4v) is 3.50. The van der Waals surface area contributed by atoms with Gasteiger partial charge in [-0.25, -0.2) is 4.90 Å². The van der Waals surface area contributed by atoms with E-state index in [1.807, 2.05) is 11.5 Å². The van der Waals surface area contributed by atoms with Gasteiger partial charge in [0.1, 0.15) is 5.69 Å². The third-order valence-electron chi connectivity index (χ3n) is 5.01. The summed E-state index contributed by atoms with van der Waals surface area (Å²) < 4.78 is 7.44. The fraction of sp³-hybridized carbons (Fsp3) is 0.722. The predicted molar refractivity (Wildman–Crippen MR) is 103 cm³/mol. The minimum Gasteiger partial charge on any atom is -0.380 e. The summed E-state index contributed by atoms with van der Waals surface area (Å²) in [5, 5.41) is 24.9. The van der Waals surface area contributed by atoms with Gasteiger partial charge in [0, 0.05) is 39.3 Å². The van der Waals surface area contributed by atoms with Gasteiger partial charge >= 0.3 is 0 Å². The number of aromatic nitrogens is 2. The monoisotopic (exact) mass is 378 g/mol. The van der Waals surface area contributed by atoms with Gasteiger partial charge in [-0.05, 0) is 20.9 Å². The average molecular weight is 378 g/mol. The molecule has 0 amide bonds. The van der Waals surface area contributed by atoms with Gasteiger partial charge in [0.2, 0.25) is 5.95 Å². The molecule has 0 aromatic carbocycles. The van der Waals surface area contributed by atoms with Crippen LogP contribution < -0.4 is 15.1 Å². The van der Waals surface area contributed by atoms with E-state index in [-0.39, 0.29) is 0 Å². The van der Waals surface area contributed by atoms with Crippen LogP contribution in [0.15, 0.2) is 0 Å². The molecule has 150 valence electrons. The molecule has 3 heterocycles. The molecule has 1 aromatic rings. The van der Waals surface area contributed by atoms with Gasteiger partial charge in [-0.15, -0.1) is 5.92 Å². The number of aliphatic hydroxyl groups is 2. The number of nitrogens with zero attached hydrogens (tertiary/aromatic N) is 5. The third-order valence-corrected chi connectivity index (χ3v) is 5.01. The van der Waals surface area contributed by atoms with Crippen LogP contribution in [-0.2, 0) is 11.3 Å². The lowest BCUT2D eigenvalue weighted by molar-refractivity contribution is -0.101. The first-order valence-electron chi connectivity index (χ1n) is 9.48. The summed E-state index contributed by atoms with van der Waals surface area (Å²) in [5.74, 6) is 7.39. The summed E-state index contributed by atoms with van der Waals surface area (Å²) in [4.78, 5) is 10.3. The van der Waals surface area contributed by atoms with Crippen molar-refractivity contribution < 1.29 is 14.9 Å². The molecular weight excluding hydrogens is 348 g/mol. The van der Waals surface area contributed by atoms with Crippen LogP contribution in [-0.4, -0.2) is 84.0 Å². The number of anilines is 2. The topological polar surface area (TPSA) is 89.3 Å². The molecule has 2 aliphatic heterocycles. The van der Waals surface area contributed by atoms with Crippen molar-refractivity contribution in [3.05, 3.63) is 5.69 Å². The van der Waals surface area contributed by atoms with Gasteiger partial charge in [0.05, 0.1) is 13.2 Å². The third kappa shape index (κ3) is 3.90. The van der Waals surface area contributed by atoms with Crippen LogP contribution in [0.2, 0.25) is 0 Å². The summed E-state index contributed by atoms with van der Waals surface area (Å²) in [5.41, 5.74) is 0.663. The predicted octanol–water partition coefficient (Wildman–Crippen LogP) is -0.629. The summed E-state index contributed by atoms with van der Waals surface area (Å²) in [6.45, 7) is 9.19. The summed E-state index contributed by atoms with van der Waals surface area (Å²) >= 11 is 0. The number of fused-ring (bicyclic) bond motifs is 1. The zero-order chi connectivity index (χ0) is 19.4. The van der Waals surface area contributed by atoms with Crippen molar-refractivity contribution in [2.75, 3.05) is 62.8 Å². The van der Waals surface area contributed by atoms with E-state index in [2.05, 4.69) is 22.1 Å². The number of hydrogen-bond acceptors (Lipinski definition) is 8. The van der Waals surface area contributed by atoms with E-state index < -0.39 is 12.6 Å². The van der Waals surface area contributed by atoms with E-state index in [0.717, 1.165) is 32.1 Å². The highest BCUT2D eigenvalue weighted by Gasteiger charge is 2.40. The standard InChI is InChI=1S/C18H30N6O3/c1-4-6-9-23-14-15(20-17(23)22-10-7-19-8-11-22)24(12-13-27-5-2)18(26)21(3)16(14)25/h16,18-19,25-26H,5,7-13H2,1-3H3. The van der Waals surface area contributed by atoms with E-state index in [1.165, 1.54) is 4.90 Å². The van der Waals surface area contributed by atoms with Crippen molar-refractivity contribution >= 4 is 11.8 Å². The van der Waals surface area contributed by atoms with Crippen molar-refractivity contribution in [2.24, 2.45) is 0 Å². The Morgan fingerprint density at radius 3 is 2.70 bits per heavy atom. The van der Waals surface area contributed by atoms with E-state index in [0.29, 0.717) is 37.8 Å². The molecule has 0 aliphatic carbocycles. The highest BCUT2D eigenvalue weighted by atomic mass is 16.5. The lowest BCUT2D eigenvalue weighted by atomic mass is 10.2. The molecule has 0 spiro atoms. The number of ether oxygens (including phenoxy) is 1. The van der Waals surface area contributed by atoms with E-state index >= 15 is 0 Å². The lowest BCUT2D eigenvalue weighted by Crippen LogP contribution is -2.53. The molecule has 9 heteroatoms. The van der Waals surface area contributed by atoms with Gasteiger partial charge in [-0.2, -0.15) is 4.98 Å². The van der Waals surface area contributed by atoms with Gasteiger partial charge in [0.15, 0.2) is 18.4 Å². The summed E-state index contributed by atoms with van der Waals surface area (Å²) in [6.07, 6.45) is -1.93. The number of piperazine rings is 1. The molecule has 3 rings (SSSR count). The van der Waals surface area contributed by atoms with E-state index in [1.54, 1.807) is 18.9 Å². The van der Waals surface area contributed by atoms with Crippen LogP contribution in [0, 0.1) is 11.8 Å². The molecule has 0 radical (unpaired) electrons. The van der Waals surface area contributed by atoms with Crippen molar-refractivity contribution in [3.8, 4) is 11.8 Å². The maximum atomic E-state index is 10.8. The maximum Gasteiger partial charge on any atom is 0.208 e. The average Bonchev–Trinajstić information content (AvgIpc) is 3.07. The Bertz CT molecular complexity index is 691. The fourth-order valence-electron chi connectivity index (χ4n) is 3.50. The molecule has 2 unspecified atom stereocenters. The molecule has 2 aliphatic rings. The molecule has 27 heavy (non-hydrogen) atoms. The molecule has 3 N–H and O–H groups in total. The van der Waals surface area contributed by atoms with Crippen molar-refractivity contribution in [1.82, 2.24) is 19.8 Å². The van der Waals surface area contributed by atoms with E-state index in [9.17, 15) is 10.2 Å². The Morgan fingerprint density at radius 2 is 2.04 bits per heavy atom. The van der Waals surface area contributed by atoms with Crippen LogP contribution in [0.4, 0.5) is 11.8 Å². The zero-order valence-corrected chi connectivity index (χ0v) is 16.4. The molecule has 1 fully saturated rings. The Labute approximate surface area is 160 Å². The second-order valence-corrected chi connectivity index (χ2v) is 6.65. The quantitative estimate of drug-likeness (QED) is 0.446. The second kappa shape index (κ2) is 8.91. The number of imidazole rings is 1. The Morgan fingerprint density at radius 1 is 1.30 bits per heavy atom. The van der Waals surface area contributed by atoms with Crippen LogP contribution in [0.3, 0.4) is 0 Å². The zero-order valence-electron chi connectivity index (χ0n) is 16.4. The van der Waals surface area contributed by atoms with Crippen LogP contribution >= 0.6 is 0 Å². The molecule has 0 saturated carbocycles. The van der Waals surface area contributed by atoms with Crippen LogP contribution in [0.25, 0.3) is 0 Å². The molecule has 2 atom stereocenters. The van der Waals surface area contributed by atoms with Crippen molar-refractivity contribution in [2.45, 2.75) is 33.0 Å². The number of rotatable bonds is 6. The SMILES string of the molecule is CC#CCn1c(N2CCNCC2)nc2c1C(O)N(C)C(O)N2CCOCC. The second-order valence-electron chi connectivity index (χ2n) is 6.65. The first-order chi connectivity index (χ1) is 13.1. The minimum absolute atomic E-state index is 0.443. The normalized spacial score (nSPS) is 23.1. The van der Waals surface area contributed by atoms with Crippen LogP contribution in [0.1, 0.15) is 25.8 Å². The summed E-state index contributed by atoms with van der Waals surface area (Å²) in [6, 6.07) is 0. The maximum absolute atomic E-state index is 10.8. The molecule has 9 nitrogen and oxygen atoms in total. The molecule has 0 bridgehead atoms. The van der Waals surface area contributed by atoms with Crippen LogP contribution in [0.5, 0.6) is 0 Å². The molecular formula is C18H30N6O3. The van der Waals surface area contributed by atoms with E-state index in [4.69, 9.17) is 9.72 Å². The first kappa shape index (κ1) is 19.9. The number of nitrogens with one attached hydrogen (secondary N) is 1. The van der Waals surface area contributed by atoms with Crippen molar-refractivity contribution in [3.63, 3.8) is 0 Å². The van der Waals surface area contributed by atoms with Gasteiger partial charge in [-0.1, -0.05) is 5.92 Å². The highest BCUT2D eigenvalue weighted by molar-refractivity contribution is 5.56.